The first kappa shape index (κ1) is 27.7. The Morgan fingerprint density at radius 2 is 1.98 bits per heavy atom. The number of ether oxygens (including phenoxy) is 1. The van der Waals surface area contributed by atoms with Crippen LogP contribution in [0.15, 0.2) is 36.5 Å². The maximum atomic E-state index is 16.5. The highest BCUT2D eigenvalue weighted by Crippen LogP contribution is 2.41. The molecule has 3 atom stereocenters. The van der Waals surface area contributed by atoms with Crippen LogP contribution in [0.2, 0.25) is 0 Å². The lowest BCUT2D eigenvalue weighted by molar-refractivity contribution is 0.107. The Morgan fingerprint density at radius 3 is 2.84 bits per heavy atom. The number of fused-ring (bicyclic) bond motifs is 3. The molecule has 0 bridgehead atoms. The molecule has 2 aromatic heterocycles. The average Bonchev–Trinajstić information content (AvgIpc) is 3.54. The summed E-state index contributed by atoms with van der Waals surface area (Å²) in [6, 6.07) is 9.19. The van der Waals surface area contributed by atoms with Crippen molar-refractivity contribution >= 4 is 27.5 Å². The molecular formula is C31H29F4N7O. The normalized spacial score (nSPS) is 24.0. The number of anilines is 1. The van der Waals surface area contributed by atoms with E-state index in [9.17, 15) is 14.0 Å². The van der Waals surface area contributed by atoms with Gasteiger partial charge in [0, 0.05) is 55.8 Å². The van der Waals surface area contributed by atoms with Crippen LogP contribution in [0.4, 0.5) is 23.4 Å². The van der Waals surface area contributed by atoms with Gasteiger partial charge in [-0.15, -0.1) is 0 Å². The van der Waals surface area contributed by atoms with Crippen molar-refractivity contribution in [3.05, 3.63) is 54.0 Å². The van der Waals surface area contributed by atoms with Crippen molar-refractivity contribution in [2.75, 3.05) is 44.2 Å². The van der Waals surface area contributed by atoms with E-state index >= 15 is 8.78 Å². The number of benzene rings is 2. The van der Waals surface area contributed by atoms with Gasteiger partial charge < -0.3 is 15.0 Å². The second-order valence-corrected chi connectivity index (χ2v) is 11.6. The van der Waals surface area contributed by atoms with Crippen molar-refractivity contribution < 1.29 is 22.3 Å². The second-order valence-electron chi connectivity index (χ2n) is 11.6. The summed E-state index contributed by atoms with van der Waals surface area (Å²) >= 11 is 0. The molecule has 0 aliphatic carbocycles. The molecule has 3 saturated heterocycles. The first-order chi connectivity index (χ1) is 20.9. The van der Waals surface area contributed by atoms with E-state index in [1.807, 2.05) is 4.90 Å². The van der Waals surface area contributed by atoms with E-state index < -0.39 is 29.2 Å². The van der Waals surface area contributed by atoms with Crippen LogP contribution in [-0.4, -0.2) is 76.9 Å². The van der Waals surface area contributed by atoms with Crippen molar-refractivity contribution in [1.82, 2.24) is 25.2 Å². The molecule has 43 heavy (non-hydrogen) atoms. The summed E-state index contributed by atoms with van der Waals surface area (Å²) < 4.78 is 66.3. The molecule has 3 aliphatic rings. The van der Waals surface area contributed by atoms with Crippen molar-refractivity contribution in [3.8, 4) is 23.3 Å². The van der Waals surface area contributed by atoms with Gasteiger partial charge in [-0.3, -0.25) is 9.88 Å². The zero-order chi connectivity index (χ0) is 29.7. The van der Waals surface area contributed by atoms with Crippen LogP contribution in [0, 0.1) is 28.8 Å². The average molecular weight is 592 g/mol. The fourth-order valence-corrected chi connectivity index (χ4v) is 6.93. The zero-order valence-corrected chi connectivity index (χ0v) is 23.3. The number of nitrogens with one attached hydrogen (secondary N) is 1. The molecule has 3 fully saturated rings. The summed E-state index contributed by atoms with van der Waals surface area (Å²) in [5.41, 5.74) is -0.632. The van der Waals surface area contributed by atoms with E-state index in [1.165, 1.54) is 18.3 Å². The van der Waals surface area contributed by atoms with E-state index in [2.05, 4.69) is 31.2 Å². The molecule has 0 spiro atoms. The van der Waals surface area contributed by atoms with Crippen LogP contribution in [-0.2, 0) is 0 Å². The molecule has 0 radical (unpaired) electrons. The van der Waals surface area contributed by atoms with Crippen molar-refractivity contribution in [2.45, 2.75) is 43.4 Å². The topological polar surface area (TPSA) is 90.2 Å². The Bertz CT molecular complexity index is 1760. The molecule has 0 unspecified atom stereocenters. The molecular weight excluding hydrogens is 562 g/mol. The number of aromatic nitrogens is 3. The van der Waals surface area contributed by atoms with E-state index in [0.29, 0.717) is 49.2 Å². The second kappa shape index (κ2) is 10.9. The largest absolute Gasteiger partial charge is 0.461 e. The molecule has 7 rings (SSSR count). The third-order valence-electron chi connectivity index (χ3n) is 8.96. The number of halogens is 4. The fraction of sp³-hybridized carbons (Fsp3) is 0.419. The SMILES string of the molecule is N#CC[C@H]1CN(c2nc(OC[C@@]34CCCN3C[C@H](F)C4)nc3c(F)c(-c4cccc5ccc(F)c(F)c45)ncc23)CCN1. The summed E-state index contributed by atoms with van der Waals surface area (Å²) in [4.78, 5) is 17.6. The minimum Gasteiger partial charge on any atom is -0.461 e. The van der Waals surface area contributed by atoms with Crippen LogP contribution >= 0.6 is 0 Å². The van der Waals surface area contributed by atoms with Crippen LogP contribution in [0.3, 0.4) is 0 Å². The van der Waals surface area contributed by atoms with E-state index in [4.69, 9.17) is 4.74 Å². The number of nitrogens with zero attached hydrogens (tertiary/aromatic N) is 6. The summed E-state index contributed by atoms with van der Waals surface area (Å²) in [6.07, 6.45) is 2.86. The molecule has 12 heteroatoms. The van der Waals surface area contributed by atoms with E-state index in [1.54, 1.807) is 12.1 Å². The quantitative estimate of drug-likeness (QED) is 0.317. The maximum Gasteiger partial charge on any atom is 0.319 e. The number of piperazine rings is 1. The predicted molar refractivity (Wildman–Crippen MR) is 153 cm³/mol. The minimum absolute atomic E-state index is 0.0624. The van der Waals surface area contributed by atoms with Crippen molar-refractivity contribution in [3.63, 3.8) is 0 Å². The monoisotopic (exact) mass is 591 g/mol. The summed E-state index contributed by atoms with van der Waals surface area (Å²) in [5, 5.41) is 13.2. The number of hydrogen-bond donors (Lipinski definition) is 1. The first-order valence-electron chi connectivity index (χ1n) is 14.5. The van der Waals surface area contributed by atoms with Crippen LogP contribution in [0.1, 0.15) is 25.7 Å². The Morgan fingerprint density at radius 1 is 1.09 bits per heavy atom. The number of alkyl halides is 1. The van der Waals surface area contributed by atoms with Gasteiger partial charge in [-0.1, -0.05) is 24.3 Å². The van der Waals surface area contributed by atoms with Gasteiger partial charge in [0.2, 0.25) is 0 Å². The minimum atomic E-state index is -1.09. The van der Waals surface area contributed by atoms with Crippen LogP contribution in [0.5, 0.6) is 6.01 Å². The molecule has 0 saturated carbocycles. The predicted octanol–water partition coefficient (Wildman–Crippen LogP) is 4.91. The van der Waals surface area contributed by atoms with Gasteiger partial charge in [-0.25, -0.2) is 17.6 Å². The third kappa shape index (κ3) is 4.80. The van der Waals surface area contributed by atoms with Gasteiger partial charge in [-0.05, 0) is 30.8 Å². The number of nitriles is 1. The summed E-state index contributed by atoms with van der Waals surface area (Å²) in [5.74, 6) is -2.56. The van der Waals surface area contributed by atoms with Gasteiger partial charge in [0.1, 0.15) is 29.8 Å². The van der Waals surface area contributed by atoms with Gasteiger partial charge in [0.15, 0.2) is 17.5 Å². The fourth-order valence-electron chi connectivity index (χ4n) is 6.93. The number of hydrogen-bond acceptors (Lipinski definition) is 8. The highest BCUT2D eigenvalue weighted by molar-refractivity contribution is 5.99. The molecule has 3 aliphatic heterocycles. The first-order valence-corrected chi connectivity index (χ1v) is 14.5. The number of rotatable bonds is 6. The van der Waals surface area contributed by atoms with Crippen LogP contribution < -0.4 is 15.0 Å². The van der Waals surface area contributed by atoms with Gasteiger partial charge >= 0.3 is 6.01 Å². The molecule has 5 heterocycles. The van der Waals surface area contributed by atoms with Crippen LogP contribution in [0.25, 0.3) is 32.9 Å². The Balaban J connectivity index is 1.35. The lowest BCUT2D eigenvalue weighted by atomic mass is 9.95. The molecule has 1 N–H and O–H groups in total. The lowest BCUT2D eigenvalue weighted by Gasteiger charge is -2.34. The maximum absolute atomic E-state index is 16.5. The van der Waals surface area contributed by atoms with Gasteiger partial charge in [-0.2, -0.15) is 15.2 Å². The molecule has 4 aromatic rings. The lowest BCUT2D eigenvalue weighted by Crippen LogP contribution is -2.51. The molecule has 0 amide bonds. The summed E-state index contributed by atoms with van der Waals surface area (Å²) in [6.45, 7) is 2.87. The van der Waals surface area contributed by atoms with Crippen molar-refractivity contribution in [2.24, 2.45) is 0 Å². The molecule has 222 valence electrons. The highest BCUT2D eigenvalue weighted by Gasteiger charge is 2.49. The zero-order valence-electron chi connectivity index (χ0n) is 23.3. The van der Waals surface area contributed by atoms with Crippen molar-refractivity contribution in [1.29, 1.82) is 5.26 Å². The molecule has 2 aromatic carbocycles. The highest BCUT2D eigenvalue weighted by atomic mass is 19.2. The Hall–Kier alpha value is -4.08. The van der Waals surface area contributed by atoms with Gasteiger partial charge in [0.05, 0.1) is 23.4 Å². The Labute approximate surface area is 245 Å². The van der Waals surface area contributed by atoms with E-state index in [0.717, 1.165) is 25.5 Å². The smallest absolute Gasteiger partial charge is 0.319 e. The standard InChI is InChI=1S/C31H29F4N7O/c32-19-13-31(8-2-11-42(31)15-19)17-43-30-39-28-22(29(40-30)41-12-10-37-20(16-41)7-9-36)14-38-27(26(28)35)21-4-1-3-18-5-6-23(33)25(34)24(18)21/h1,3-6,14,19-20,37H,2,7-8,10-13,15-17H2/t19-,20+,31+/m1/s1. The van der Waals surface area contributed by atoms with E-state index in [-0.39, 0.29) is 47.2 Å². The van der Waals surface area contributed by atoms with Gasteiger partial charge in [0.25, 0.3) is 0 Å². The third-order valence-corrected chi connectivity index (χ3v) is 8.96. The molecule has 8 nitrogen and oxygen atoms in total. The number of pyridine rings is 1. The Kier molecular flexibility index (Phi) is 7.02. The summed E-state index contributed by atoms with van der Waals surface area (Å²) in [7, 11) is 0.